The van der Waals surface area contributed by atoms with Crippen LogP contribution >= 0.6 is 0 Å². The van der Waals surface area contributed by atoms with Gasteiger partial charge in [0.05, 0.1) is 31.1 Å². The maximum absolute atomic E-state index is 12.5. The normalized spacial score (nSPS) is 16.6. The summed E-state index contributed by atoms with van der Waals surface area (Å²) < 4.78 is 28.2. The van der Waals surface area contributed by atoms with Crippen LogP contribution in [-0.4, -0.2) is 53.6 Å². The summed E-state index contributed by atoms with van der Waals surface area (Å²) >= 11 is 0. The smallest absolute Gasteiger partial charge is 0.312 e. The molecule has 0 unspecified atom stereocenters. The Hall–Kier alpha value is -2.56. The minimum Gasteiger partial charge on any atom is -0.314 e. The van der Waals surface area contributed by atoms with Crippen LogP contribution in [0.4, 0.5) is 5.69 Å². The van der Waals surface area contributed by atoms with E-state index >= 15 is 0 Å². The highest BCUT2D eigenvalue weighted by atomic mass is 32.2. The molecule has 10 heteroatoms. The highest BCUT2D eigenvalue weighted by Gasteiger charge is 2.29. The lowest BCUT2D eigenvalue weighted by atomic mass is 10.2. The van der Waals surface area contributed by atoms with Crippen LogP contribution in [0, 0.1) is 24.0 Å². The molecule has 1 aliphatic rings. The van der Waals surface area contributed by atoms with E-state index < -0.39 is 14.9 Å². The zero-order valence-electron chi connectivity index (χ0n) is 15.9. The molecular weight excluding hydrogens is 382 g/mol. The topological polar surface area (TPSA) is 103 Å². The van der Waals surface area contributed by atoms with E-state index in [9.17, 15) is 18.5 Å². The van der Waals surface area contributed by atoms with Crippen molar-refractivity contribution >= 4 is 21.8 Å². The third kappa shape index (κ3) is 4.46. The van der Waals surface area contributed by atoms with Crippen molar-refractivity contribution in [1.29, 1.82) is 0 Å². The van der Waals surface area contributed by atoms with Gasteiger partial charge in [-0.2, -0.15) is 9.40 Å². The van der Waals surface area contributed by atoms with Crippen LogP contribution in [0.1, 0.15) is 17.0 Å². The van der Waals surface area contributed by atoms with Gasteiger partial charge in [0.1, 0.15) is 11.4 Å². The Bertz CT molecular complexity index is 977. The number of nitrogens with zero attached hydrogens (tertiary/aromatic N) is 4. The van der Waals surface area contributed by atoms with Crippen molar-refractivity contribution in [2.24, 2.45) is 0 Å². The van der Waals surface area contributed by atoms with Gasteiger partial charge in [-0.15, -0.1) is 0 Å². The second-order valence-corrected chi connectivity index (χ2v) is 8.66. The number of aryl methyl sites for hydroxylation is 1. The largest absolute Gasteiger partial charge is 0.314 e. The van der Waals surface area contributed by atoms with Crippen LogP contribution in [0.25, 0.3) is 6.08 Å². The Balaban J connectivity index is 1.61. The number of benzene rings is 1. The molecule has 0 bridgehead atoms. The maximum atomic E-state index is 12.5. The fourth-order valence-electron chi connectivity index (χ4n) is 3.35. The number of hydrogen-bond donors (Lipinski definition) is 1. The fraction of sp³-hybridized carbons (Fsp3) is 0.389. The van der Waals surface area contributed by atoms with Crippen molar-refractivity contribution in [3.63, 3.8) is 0 Å². The summed E-state index contributed by atoms with van der Waals surface area (Å²) in [5.74, 6) is 0. The lowest BCUT2D eigenvalue weighted by molar-refractivity contribution is -0.926. The molecule has 1 N–H and O–H groups in total. The van der Waals surface area contributed by atoms with Crippen molar-refractivity contribution in [2.45, 2.75) is 20.5 Å². The van der Waals surface area contributed by atoms with Crippen LogP contribution in [0.3, 0.4) is 0 Å². The number of hydrogen-bond acceptors (Lipinski definition) is 5. The zero-order valence-corrected chi connectivity index (χ0v) is 16.7. The first kappa shape index (κ1) is 20.2. The summed E-state index contributed by atoms with van der Waals surface area (Å²) in [6.45, 7) is 5.83. The molecule has 3 rings (SSSR count). The molecule has 0 saturated carbocycles. The number of rotatable bonds is 6. The molecule has 1 aromatic heterocycles. The third-order valence-electron chi connectivity index (χ3n) is 4.92. The van der Waals surface area contributed by atoms with Gasteiger partial charge in [-0.3, -0.25) is 10.1 Å². The Labute approximate surface area is 164 Å². The molecule has 0 aliphatic carbocycles. The van der Waals surface area contributed by atoms with Crippen molar-refractivity contribution in [2.75, 3.05) is 26.2 Å². The van der Waals surface area contributed by atoms with E-state index in [-0.39, 0.29) is 5.69 Å². The lowest BCUT2D eigenvalue weighted by Crippen LogP contribution is -3.14. The Morgan fingerprint density at radius 3 is 2.43 bits per heavy atom. The van der Waals surface area contributed by atoms with Crippen molar-refractivity contribution in [1.82, 2.24) is 14.1 Å². The average molecular weight is 406 g/mol. The van der Waals surface area contributed by atoms with E-state index in [1.54, 1.807) is 24.6 Å². The van der Waals surface area contributed by atoms with E-state index in [1.165, 1.54) is 9.71 Å². The molecule has 1 fully saturated rings. The van der Waals surface area contributed by atoms with Gasteiger partial charge in [-0.05, 0) is 25.5 Å². The van der Waals surface area contributed by atoms with E-state index in [4.69, 9.17) is 0 Å². The van der Waals surface area contributed by atoms with Crippen LogP contribution in [0.15, 0.2) is 35.7 Å². The number of sulfonamides is 1. The summed E-state index contributed by atoms with van der Waals surface area (Å²) in [4.78, 5) is 11.9. The van der Waals surface area contributed by atoms with Gasteiger partial charge in [0.15, 0.2) is 6.67 Å². The van der Waals surface area contributed by atoms with E-state index in [1.807, 2.05) is 30.3 Å². The van der Waals surface area contributed by atoms with E-state index in [0.717, 1.165) is 10.5 Å². The first-order chi connectivity index (χ1) is 13.3. The second kappa shape index (κ2) is 8.21. The summed E-state index contributed by atoms with van der Waals surface area (Å²) in [5.41, 5.74) is 1.80. The second-order valence-electron chi connectivity index (χ2n) is 6.84. The number of quaternary nitrogens is 1. The predicted molar refractivity (Wildman–Crippen MR) is 105 cm³/mol. The molecule has 0 atom stereocenters. The molecule has 1 aliphatic heterocycles. The number of piperazine rings is 1. The molecule has 2 aromatic rings. The predicted octanol–water partition coefficient (Wildman–Crippen LogP) is 0.567. The van der Waals surface area contributed by atoms with Crippen LogP contribution in [-0.2, 0) is 16.7 Å². The minimum atomic E-state index is -3.47. The molecule has 2 heterocycles. The molecular formula is C18H24N5O4S+. The van der Waals surface area contributed by atoms with Crippen molar-refractivity contribution in [3.8, 4) is 0 Å². The van der Waals surface area contributed by atoms with Crippen molar-refractivity contribution in [3.05, 3.63) is 62.8 Å². The van der Waals surface area contributed by atoms with Gasteiger partial charge in [-0.1, -0.05) is 30.3 Å². The quantitative estimate of drug-likeness (QED) is 0.558. The molecule has 0 radical (unpaired) electrons. The third-order valence-corrected chi connectivity index (χ3v) is 6.49. The monoisotopic (exact) mass is 406 g/mol. The molecule has 150 valence electrons. The van der Waals surface area contributed by atoms with E-state index in [0.29, 0.717) is 44.2 Å². The summed E-state index contributed by atoms with van der Waals surface area (Å²) in [5, 5.41) is 16.6. The molecule has 0 spiro atoms. The van der Waals surface area contributed by atoms with E-state index in [2.05, 4.69) is 5.10 Å². The first-order valence-electron chi connectivity index (χ1n) is 9.03. The molecule has 0 amide bonds. The molecule has 9 nitrogen and oxygen atoms in total. The molecule has 28 heavy (non-hydrogen) atoms. The number of aromatic nitrogens is 2. The fourth-order valence-corrected chi connectivity index (χ4v) is 4.54. The summed E-state index contributed by atoms with van der Waals surface area (Å²) in [7, 11) is -3.47. The number of nitro groups is 1. The summed E-state index contributed by atoms with van der Waals surface area (Å²) in [6.07, 6.45) is 1.60. The van der Waals surface area contributed by atoms with Crippen LogP contribution in [0.5, 0.6) is 0 Å². The molecule has 1 saturated heterocycles. The Morgan fingerprint density at radius 1 is 1.21 bits per heavy atom. The highest BCUT2D eigenvalue weighted by molar-refractivity contribution is 7.92. The maximum Gasteiger partial charge on any atom is 0.312 e. The van der Waals surface area contributed by atoms with Gasteiger partial charge >= 0.3 is 5.69 Å². The standard InChI is InChI=1S/C18H23N5O4S/c1-15-18(23(24)25)16(2)22(19-15)14-20-9-11-21(12-10-20)28(26,27)13-8-17-6-4-3-5-7-17/h3-8,13H,9-12,14H2,1-2H3/p+1/b13-8+. The highest BCUT2D eigenvalue weighted by Crippen LogP contribution is 2.21. The van der Waals surface area contributed by atoms with Gasteiger partial charge in [0.2, 0.25) is 10.0 Å². The average Bonchev–Trinajstić information content (AvgIpc) is 2.95. The lowest BCUT2D eigenvalue weighted by Gasteiger charge is -2.30. The molecule has 1 aromatic carbocycles. The summed E-state index contributed by atoms with van der Waals surface area (Å²) in [6, 6.07) is 9.30. The van der Waals surface area contributed by atoms with Gasteiger partial charge in [0, 0.05) is 5.41 Å². The van der Waals surface area contributed by atoms with Crippen LogP contribution in [0.2, 0.25) is 0 Å². The van der Waals surface area contributed by atoms with Crippen molar-refractivity contribution < 1.29 is 18.2 Å². The van der Waals surface area contributed by atoms with Gasteiger partial charge in [-0.25, -0.2) is 13.1 Å². The van der Waals surface area contributed by atoms with Crippen LogP contribution < -0.4 is 4.90 Å². The SMILES string of the molecule is Cc1nn(C[NH+]2CCN(S(=O)(=O)/C=C/c3ccccc3)CC2)c(C)c1[N+](=O)[O-]. The Morgan fingerprint density at radius 2 is 1.86 bits per heavy atom. The zero-order chi connectivity index (χ0) is 20.3. The Kier molecular flexibility index (Phi) is 5.92. The first-order valence-corrected chi connectivity index (χ1v) is 10.5. The van der Waals surface area contributed by atoms with Gasteiger partial charge < -0.3 is 4.90 Å². The van der Waals surface area contributed by atoms with Gasteiger partial charge in [0.25, 0.3) is 0 Å². The minimum absolute atomic E-state index is 0.0478. The number of nitrogens with one attached hydrogen (secondary N) is 1.